The van der Waals surface area contributed by atoms with Gasteiger partial charge in [-0.25, -0.2) is 4.39 Å². The number of halogens is 1. The van der Waals surface area contributed by atoms with Gasteiger partial charge < -0.3 is 0 Å². The van der Waals surface area contributed by atoms with Crippen LogP contribution in [0.5, 0.6) is 0 Å². The Morgan fingerprint density at radius 1 is 1.19 bits per heavy atom. The quantitative estimate of drug-likeness (QED) is 0.545. The predicted octanol–water partition coefficient (Wildman–Crippen LogP) is 3.95. The number of carbonyl (C=O) groups is 1. The third kappa shape index (κ3) is 3.61. The summed E-state index contributed by atoms with van der Waals surface area (Å²) in [5.41, 5.74) is 2.04. The molecule has 0 saturated heterocycles. The van der Waals surface area contributed by atoms with Crippen LogP contribution < -0.4 is 5.32 Å². The second-order valence-electron chi connectivity index (χ2n) is 5.82. The van der Waals surface area contributed by atoms with Crippen molar-refractivity contribution in [3.63, 3.8) is 0 Å². The number of rotatable bonds is 4. The lowest BCUT2D eigenvalue weighted by molar-refractivity contribution is -0.111. The summed E-state index contributed by atoms with van der Waals surface area (Å²) in [7, 11) is 0. The van der Waals surface area contributed by atoms with E-state index in [1.54, 1.807) is 25.1 Å². The van der Waals surface area contributed by atoms with Crippen molar-refractivity contribution in [3.8, 4) is 11.4 Å². The number of nitrogens with zero attached hydrogens (tertiary/aromatic N) is 4. The largest absolute Gasteiger partial charge is 0.297 e. The third-order valence-electron chi connectivity index (χ3n) is 3.88. The molecular formula is C19H14FN5OS. The Bertz CT molecular complexity index is 1150. The molecule has 0 aliphatic carbocycles. The maximum atomic E-state index is 13.8. The predicted molar refractivity (Wildman–Crippen MR) is 103 cm³/mol. The molecule has 27 heavy (non-hydrogen) atoms. The molecule has 2 heterocycles. The number of nitrogens with one attached hydrogen (secondary N) is 1. The fourth-order valence-corrected chi connectivity index (χ4v) is 3.20. The van der Waals surface area contributed by atoms with Crippen molar-refractivity contribution in [2.75, 3.05) is 5.32 Å². The fraction of sp³-hybridized carbons (Fsp3) is 0.0526. The van der Waals surface area contributed by atoms with Crippen LogP contribution in [0.4, 0.5) is 9.52 Å². The maximum absolute atomic E-state index is 13.8. The molecule has 1 amide bonds. The van der Waals surface area contributed by atoms with Crippen molar-refractivity contribution in [2.24, 2.45) is 0 Å². The lowest BCUT2D eigenvalue weighted by atomic mass is 10.1. The van der Waals surface area contributed by atoms with E-state index in [0.717, 1.165) is 5.56 Å². The van der Waals surface area contributed by atoms with Gasteiger partial charge in [-0.1, -0.05) is 53.8 Å². The number of carbonyl (C=O) groups excluding carboxylic acids is 1. The van der Waals surface area contributed by atoms with Gasteiger partial charge >= 0.3 is 0 Å². The zero-order valence-electron chi connectivity index (χ0n) is 14.3. The third-order valence-corrected chi connectivity index (χ3v) is 4.69. The van der Waals surface area contributed by atoms with Gasteiger partial charge in [0.15, 0.2) is 5.82 Å². The first-order chi connectivity index (χ1) is 13.1. The number of amides is 1. The molecule has 0 bridgehead atoms. The van der Waals surface area contributed by atoms with Gasteiger partial charge in [0.2, 0.25) is 16.0 Å². The van der Waals surface area contributed by atoms with Gasteiger partial charge in [-0.15, -0.1) is 15.3 Å². The van der Waals surface area contributed by atoms with E-state index in [1.165, 1.54) is 28.0 Å². The maximum Gasteiger partial charge on any atom is 0.250 e. The van der Waals surface area contributed by atoms with Crippen LogP contribution in [-0.2, 0) is 4.79 Å². The van der Waals surface area contributed by atoms with Crippen LogP contribution in [-0.4, -0.2) is 25.7 Å². The van der Waals surface area contributed by atoms with Gasteiger partial charge in [0, 0.05) is 11.6 Å². The summed E-state index contributed by atoms with van der Waals surface area (Å²) in [5, 5.41) is 15.5. The van der Waals surface area contributed by atoms with Gasteiger partial charge in [0.05, 0.1) is 0 Å². The van der Waals surface area contributed by atoms with Crippen molar-refractivity contribution in [1.82, 2.24) is 19.8 Å². The number of anilines is 1. The van der Waals surface area contributed by atoms with Gasteiger partial charge in [-0.3, -0.25) is 10.1 Å². The van der Waals surface area contributed by atoms with E-state index in [2.05, 4.69) is 20.6 Å². The van der Waals surface area contributed by atoms with Gasteiger partial charge in [-0.05, 0) is 30.2 Å². The van der Waals surface area contributed by atoms with E-state index in [-0.39, 0.29) is 11.7 Å². The van der Waals surface area contributed by atoms with Gasteiger partial charge in [0.1, 0.15) is 5.82 Å². The molecule has 0 saturated carbocycles. The number of hydrogen-bond acceptors (Lipinski definition) is 5. The highest BCUT2D eigenvalue weighted by molar-refractivity contribution is 7.20. The molecule has 1 N–H and O–H groups in total. The highest BCUT2D eigenvalue weighted by Gasteiger charge is 2.15. The Balaban J connectivity index is 1.55. The minimum atomic E-state index is -0.320. The highest BCUT2D eigenvalue weighted by Crippen LogP contribution is 2.25. The molecular weight excluding hydrogens is 365 g/mol. The zero-order chi connectivity index (χ0) is 18.8. The monoisotopic (exact) mass is 379 g/mol. The second kappa shape index (κ2) is 7.08. The second-order valence-corrected chi connectivity index (χ2v) is 6.78. The Labute approximate surface area is 158 Å². The molecule has 2 aromatic heterocycles. The van der Waals surface area contributed by atoms with E-state index < -0.39 is 0 Å². The van der Waals surface area contributed by atoms with Crippen molar-refractivity contribution in [2.45, 2.75) is 6.92 Å². The summed E-state index contributed by atoms with van der Waals surface area (Å²) >= 11 is 1.19. The molecule has 4 aromatic rings. The summed E-state index contributed by atoms with van der Waals surface area (Å²) in [4.78, 5) is 12.6. The summed E-state index contributed by atoms with van der Waals surface area (Å²) in [6, 6.07) is 14.3. The molecule has 0 radical (unpaired) electrons. The lowest BCUT2D eigenvalue weighted by Crippen LogP contribution is -2.08. The van der Waals surface area contributed by atoms with Crippen molar-refractivity contribution < 1.29 is 9.18 Å². The fourth-order valence-electron chi connectivity index (χ4n) is 2.46. The van der Waals surface area contributed by atoms with E-state index in [1.807, 2.05) is 30.3 Å². The van der Waals surface area contributed by atoms with E-state index >= 15 is 0 Å². The van der Waals surface area contributed by atoms with E-state index in [4.69, 9.17) is 0 Å². The highest BCUT2D eigenvalue weighted by atomic mass is 32.1. The lowest BCUT2D eigenvalue weighted by Gasteiger charge is -2.00. The first-order valence-electron chi connectivity index (χ1n) is 8.13. The molecule has 2 aromatic carbocycles. The van der Waals surface area contributed by atoms with Crippen LogP contribution in [0.1, 0.15) is 11.1 Å². The van der Waals surface area contributed by atoms with Crippen molar-refractivity contribution >= 4 is 33.4 Å². The van der Waals surface area contributed by atoms with Gasteiger partial charge in [0.25, 0.3) is 0 Å². The van der Waals surface area contributed by atoms with E-state index in [9.17, 15) is 9.18 Å². The van der Waals surface area contributed by atoms with Crippen LogP contribution in [0, 0.1) is 12.7 Å². The molecule has 0 unspecified atom stereocenters. The van der Waals surface area contributed by atoms with Crippen molar-refractivity contribution in [3.05, 3.63) is 71.6 Å². The number of hydrogen-bond donors (Lipinski definition) is 1. The number of aromatic nitrogens is 4. The number of benzene rings is 2. The minimum absolute atomic E-state index is 0.299. The molecule has 6 nitrogen and oxygen atoms in total. The Morgan fingerprint density at radius 2 is 2.00 bits per heavy atom. The topological polar surface area (TPSA) is 72.2 Å². The minimum Gasteiger partial charge on any atom is -0.297 e. The number of aryl methyl sites for hydroxylation is 1. The molecule has 134 valence electrons. The normalized spacial score (nSPS) is 11.3. The average Bonchev–Trinajstić information content (AvgIpc) is 3.23. The van der Waals surface area contributed by atoms with Crippen molar-refractivity contribution in [1.29, 1.82) is 0 Å². The first-order valence-corrected chi connectivity index (χ1v) is 8.95. The van der Waals surface area contributed by atoms with Crippen LogP contribution in [0.2, 0.25) is 0 Å². The van der Waals surface area contributed by atoms with Crippen LogP contribution in [0.3, 0.4) is 0 Å². The molecule has 8 heteroatoms. The standard InChI is InChI=1S/C19H14FN5OS/c1-12-7-9-14(11-15(12)20)17-22-23-19-25(17)24-18(27-19)21-16(26)10-8-13-5-3-2-4-6-13/h2-11H,1H3,(H,21,24,26). The molecule has 0 aliphatic heterocycles. The van der Waals surface area contributed by atoms with Crippen LogP contribution >= 0.6 is 11.3 Å². The first kappa shape index (κ1) is 17.0. The van der Waals surface area contributed by atoms with Crippen LogP contribution in [0.15, 0.2) is 54.6 Å². The summed E-state index contributed by atoms with van der Waals surface area (Å²) in [6.07, 6.45) is 3.16. The summed E-state index contributed by atoms with van der Waals surface area (Å²) in [6.45, 7) is 1.69. The Kier molecular flexibility index (Phi) is 4.47. The Hall–Kier alpha value is -3.39. The average molecular weight is 379 g/mol. The summed E-state index contributed by atoms with van der Waals surface area (Å²) in [5.74, 6) is -0.203. The van der Waals surface area contributed by atoms with E-state index in [0.29, 0.717) is 27.0 Å². The summed E-state index contributed by atoms with van der Waals surface area (Å²) < 4.78 is 15.3. The zero-order valence-corrected chi connectivity index (χ0v) is 15.1. The SMILES string of the molecule is Cc1ccc(-c2nnc3sc(NC(=O)C=Cc4ccccc4)nn23)cc1F. The molecule has 0 spiro atoms. The van der Waals surface area contributed by atoms with Gasteiger partial charge in [-0.2, -0.15) is 4.52 Å². The smallest absolute Gasteiger partial charge is 0.250 e. The number of fused-ring (bicyclic) bond motifs is 1. The Morgan fingerprint density at radius 3 is 2.78 bits per heavy atom. The molecule has 0 aliphatic rings. The molecule has 4 rings (SSSR count). The molecule has 0 atom stereocenters. The molecule has 0 fully saturated rings. The van der Waals surface area contributed by atoms with Crippen LogP contribution in [0.25, 0.3) is 22.4 Å².